The van der Waals surface area contributed by atoms with Crippen LogP contribution in [0.2, 0.25) is 0 Å². The zero-order valence-corrected chi connectivity index (χ0v) is 22.2. The third-order valence-corrected chi connectivity index (χ3v) is 9.95. The molecule has 5 fully saturated rings. The summed E-state index contributed by atoms with van der Waals surface area (Å²) in [6.07, 6.45) is 11.3. The molecule has 4 bridgehead atoms. The summed E-state index contributed by atoms with van der Waals surface area (Å²) in [6, 6.07) is 18.4. The van der Waals surface area contributed by atoms with Crippen LogP contribution in [0, 0.1) is 17.8 Å². The highest BCUT2D eigenvalue weighted by Crippen LogP contribution is 2.61. The van der Waals surface area contributed by atoms with Gasteiger partial charge in [-0.2, -0.15) is 0 Å². The Morgan fingerprint density at radius 1 is 0.923 bits per heavy atom. The lowest BCUT2D eigenvalue weighted by molar-refractivity contribution is -0.115. The second-order valence-corrected chi connectivity index (χ2v) is 12.8. The van der Waals surface area contributed by atoms with E-state index in [1.165, 1.54) is 44.1 Å². The van der Waals surface area contributed by atoms with Crippen LogP contribution < -0.4 is 5.32 Å². The fourth-order valence-electron chi connectivity index (χ4n) is 7.95. The summed E-state index contributed by atoms with van der Waals surface area (Å²) in [5.74, 6) is 2.74. The summed E-state index contributed by atoms with van der Waals surface area (Å²) >= 11 is 0.915. The van der Waals surface area contributed by atoms with Crippen molar-refractivity contribution >= 4 is 40.1 Å². The normalized spacial score (nSPS) is 28.5. The first kappa shape index (κ1) is 23.2. The second kappa shape index (κ2) is 8.65. The van der Waals surface area contributed by atoms with Crippen molar-refractivity contribution in [1.29, 1.82) is 0 Å². The monoisotopic (exact) mass is 533 g/mol. The molecule has 1 aliphatic heterocycles. The second-order valence-electron chi connectivity index (χ2n) is 11.8. The average molecular weight is 534 g/mol. The standard InChI is InChI=1S/C32H27N3O3S/c36-29-27(39-31(37)35-29)11-18-6-7-25(33-17-18)23-12-24(32-14-19-8-20(15-32)10-21(9-19)16-32)28-26(13-23)34-30(38-28)22-4-2-1-3-5-22/h1-7,11-13,17,19-21H,8-10,14-16H2,(H,35,36,37)/b27-11-. The largest absolute Gasteiger partial charge is 0.436 e. The van der Waals surface area contributed by atoms with E-state index in [1.807, 2.05) is 42.5 Å². The van der Waals surface area contributed by atoms with Crippen molar-refractivity contribution in [3.05, 3.63) is 76.8 Å². The highest BCUT2D eigenvalue weighted by molar-refractivity contribution is 8.18. The Hall–Kier alpha value is -3.71. The number of hydrogen-bond donors (Lipinski definition) is 1. The maximum atomic E-state index is 11.9. The third kappa shape index (κ3) is 3.94. The molecule has 0 atom stereocenters. The smallest absolute Gasteiger partial charge is 0.290 e. The molecule has 5 aliphatic rings. The Labute approximate surface area is 230 Å². The number of benzene rings is 2. The van der Waals surface area contributed by atoms with Crippen molar-refractivity contribution in [1.82, 2.24) is 15.3 Å². The van der Waals surface area contributed by atoms with Crippen molar-refractivity contribution in [2.75, 3.05) is 0 Å². The molecule has 194 valence electrons. The lowest BCUT2D eigenvalue weighted by Crippen LogP contribution is -2.48. The molecule has 4 saturated carbocycles. The van der Waals surface area contributed by atoms with E-state index in [0.29, 0.717) is 10.8 Å². The zero-order chi connectivity index (χ0) is 26.1. The molecule has 39 heavy (non-hydrogen) atoms. The number of carbonyl (C=O) groups is 2. The molecule has 3 heterocycles. The molecule has 0 spiro atoms. The summed E-state index contributed by atoms with van der Waals surface area (Å²) in [5, 5.41) is 1.95. The number of fused-ring (bicyclic) bond motifs is 1. The van der Waals surface area contributed by atoms with Crippen molar-refractivity contribution in [3.63, 3.8) is 0 Å². The van der Waals surface area contributed by atoms with E-state index >= 15 is 0 Å². The van der Waals surface area contributed by atoms with Gasteiger partial charge in [0.15, 0.2) is 5.58 Å². The highest BCUT2D eigenvalue weighted by atomic mass is 32.2. The maximum Gasteiger partial charge on any atom is 0.290 e. The zero-order valence-electron chi connectivity index (χ0n) is 21.4. The number of imide groups is 1. The van der Waals surface area contributed by atoms with E-state index < -0.39 is 0 Å². The van der Waals surface area contributed by atoms with Crippen LogP contribution in [0.1, 0.15) is 49.7 Å². The average Bonchev–Trinajstić information content (AvgIpc) is 3.50. The number of amides is 2. The number of nitrogens with zero attached hydrogens (tertiary/aromatic N) is 2. The maximum absolute atomic E-state index is 11.9. The Bertz CT molecular complexity index is 1640. The van der Waals surface area contributed by atoms with E-state index in [0.717, 1.165) is 63.0 Å². The fraction of sp³-hybridized carbons (Fsp3) is 0.312. The molecular weight excluding hydrogens is 506 g/mol. The summed E-state index contributed by atoms with van der Waals surface area (Å²) in [7, 11) is 0. The van der Waals surface area contributed by atoms with Gasteiger partial charge in [-0.25, -0.2) is 4.98 Å². The Morgan fingerprint density at radius 2 is 1.67 bits per heavy atom. The van der Waals surface area contributed by atoms with Gasteiger partial charge in [0.1, 0.15) is 5.52 Å². The fourth-order valence-corrected chi connectivity index (χ4v) is 8.64. The van der Waals surface area contributed by atoms with Crippen LogP contribution >= 0.6 is 11.8 Å². The quantitative estimate of drug-likeness (QED) is 0.276. The number of rotatable bonds is 4. The van der Waals surface area contributed by atoms with Crippen LogP contribution in [0.4, 0.5) is 4.79 Å². The van der Waals surface area contributed by atoms with Crippen molar-refractivity contribution in [2.45, 2.75) is 43.9 Å². The van der Waals surface area contributed by atoms with Crippen molar-refractivity contribution < 1.29 is 14.0 Å². The molecule has 2 aromatic carbocycles. The number of pyridine rings is 1. The number of oxazole rings is 1. The number of hydrogen-bond acceptors (Lipinski definition) is 6. The molecular formula is C32H27N3O3S. The van der Waals surface area contributed by atoms with Crippen molar-refractivity contribution in [3.8, 4) is 22.7 Å². The van der Waals surface area contributed by atoms with Crippen molar-refractivity contribution in [2.24, 2.45) is 17.8 Å². The van der Waals surface area contributed by atoms with Gasteiger partial charge < -0.3 is 4.42 Å². The lowest BCUT2D eigenvalue weighted by Gasteiger charge is -2.57. The van der Waals surface area contributed by atoms with Gasteiger partial charge in [-0.15, -0.1) is 0 Å². The molecule has 2 amide bonds. The molecule has 7 heteroatoms. The minimum atomic E-state index is -0.361. The van der Waals surface area contributed by atoms with Gasteiger partial charge in [-0.05, 0) is 115 Å². The van der Waals surface area contributed by atoms with Gasteiger partial charge in [0.2, 0.25) is 5.89 Å². The Kier molecular flexibility index (Phi) is 5.14. The number of thioether (sulfide) groups is 1. The lowest BCUT2D eigenvalue weighted by atomic mass is 9.48. The van der Waals surface area contributed by atoms with Crippen LogP contribution in [0.3, 0.4) is 0 Å². The third-order valence-electron chi connectivity index (χ3n) is 9.14. The summed E-state index contributed by atoms with van der Waals surface area (Å²) in [5.41, 5.74) is 6.89. The van der Waals surface area contributed by atoms with Gasteiger partial charge >= 0.3 is 0 Å². The minimum Gasteiger partial charge on any atom is -0.436 e. The van der Waals surface area contributed by atoms with Crippen LogP contribution in [0.25, 0.3) is 39.9 Å². The molecule has 1 N–H and O–H groups in total. The molecule has 0 unspecified atom stereocenters. The Balaban J connectivity index is 1.24. The van der Waals surface area contributed by atoms with E-state index in [2.05, 4.69) is 17.4 Å². The van der Waals surface area contributed by atoms with E-state index in [1.54, 1.807) is 12.3 Å². The number of carbonyl (C=O) groups excluding carboxylic acids is 2. The molecule has 4 aliphatic carbocycles. The Morgan fingerprint density at radius 3 is 2.31 bits per heavy atom. The first-order valence-corrected chi connectivity index (χ1v) is 14.5. The van der Waals surface area contributed by atoms with Gasteiger partial charge in [0, 0.05) is 22.9 Å². The topological polar surface area (TPSA) is 85.1 Å². The molecule has 6 nitrogen and oxygen atoms in total. The summed E-state index contributed by atoms with van der Waals surface area (Å²) < 4.78 is 6.57. The van der Waals surface area contributed by atoms with Gasteiger partial charge in [-0.3, -0.25) is 19.9 Å². The van der Waals surface area contributed by atoms with E-state index in [4.69, 9.17) is 14.4 Å². The first-order chi connectivity index (χ1) is 19.0. The van der Waals surface area contributed by atoms with E-state index in [-0.39, 0.29) is 16.6 Å². The summed E-state index contributed by atoms with van der Waals surface area (Å²) in [4.78, 5) is 33.6. The summed E-state index contributed by atoms with van der Waals surface area (Å²) in [6.45, 7) is 0. The molecule has 1 saturated heterocycles. The molecule has 2 aromatic heterocycles. The van der Waals surface area contributed by atoms with Gasteiger partial charge in [0.05, 0.1) is 10.6 Å². The van der Waals surface area contributed by atoms with Gasteiger partial charge in [-0.1, -0.05) is 24.3 Å². The molecule has 9 rings (SSSR count). The van der Waals surface area contributed by atoms with Crippen LogP contribution in [-0.2, 0) is 10.2 Å². The number of nitrogens with one attached hydrogen (secondary N) is 1. The number of aromatic nitrogens is 2. The molecule has 0 radical (unpaired) electrons. The SMILES string of the molecule is O=C1NC(=O)/C(=C/c2ccc(-c3cc(C45CC6CC(CC(C6)C4)C5)c4oc(-c5ccccc5)nc4c3)nc2)S1. The van der Waals surface area contributed by atoms with Gasteiger partial charge in [0.25, 0.3) is 11.1 Å². The first-order valence-electron chi connectivity index (χ1n) is 13.7. The predicted molar refractivity (Wildman–Crippen MR) is 152 cm³/mol. The predicted octanol–water partition coefficient (Wildman–Crippen LogP) is 7.35. The van der Waals surface area contributed by atoms with Crippen LogP contribution in [0.15, 0.2) is 70.1 Å². The van der Waals surface area contributed by atoms with Crippen LogP contribution in [-0.4, -0.2) is 21.1 Å². The minimum absolute atomic E-state index is 0.139. The van der Waals surface area contributed by atoms with Crippen LogP contribution in [0.5, 0.6) is 0 Å². The highest BCUT2D eigenvalue weighted by Gasteiger charge is 2.52. The van der Waals surface area contributed by atoms with E-state index in [9.17, 15) is 9.59 Å². The molecule has 4 aromatic rings.